The van der Waals surface area contributed by atoms with Crippen LogP contribution in [0, 0.1) is 0 Å². The van der Waals surface area contributed by atoms with Gasteiger partial charge in [0.25, 0.3) is 0 Å². The fraction of sp³-hybridized carbons (Fsp3) is 0.500. The molecule has 0 saturated carbocycles. The van der Waals surface area contributed by atoms with E-state index in [0.29, 0.717) is 6.42 Å². The molecule has 1 amide bonds. The summed E-state index contributed by atoms with van der Waals surface area (Å²) in [4.78, 5) is 11.7. The number of hydrogen-bond acceptors (Lipinski definition) is 4. The number of phenols is 1. The molecule has 0 radical (unpaired) electrons. The second kappa shape index (κ2) is 6.81. The summed E-state index contributed by atoms with van der Waals surface area (Å²) in [5.74, 6) is 0.0276. The first-order valence-corrected chi connectivity index (χ1v) is 6.76. The van der Waals surface area contributed by atoms with Crippen molar-refractivity contribution in [3.05, 3.63) is 28.8 Å². The van der Waals surface area contributed by atoms with Crippen molar-refractivity contribution in [2.75, 3.05) is 6.54 Å². The van der Waals surface area contributed by atoms with Gasteiger partial charge in [0.1, 0.15) is 11.4 Å². The highest BCUT2D eigenvalue weighted by atomic mass is 35.5. The van der Waals surface area contributed by atoms with E-state index < -0.39 is 11.7 Å². The van der Waals surface area contributed by atoms with E-state index in [1.807, 2.05) is 0 Å². The Bertz CT molecular complexity index is 472. The molecule has 0 aliphatic carbocycles. The number of carbonyl (C=O) groups excluding carboxylic acids is 1. The lowest BCUT2D eigenvalue weighted by atomic mass is 10.1. The largest absolute Gasteiger partial charge is 0.506 e. The zero-order valence-electron chi connectivity index (χ0n) is 11.9. The van der Waals surface area contributed by atoms with Gasteiger partial charge in [-0.05, 0) is 44.9 Å². The van der Waals surface area contributed by atoms with E-state index in [-0.39, 0.29) is 23.4 Å². The number of nitrogens with one attached hydrogen (secondary N) is 1. The molecule has 0 spiro atoms. The average molecular weight is 301 g/mol. The van der Waals surface area contributed by atoms with Crippen LogP contribution in [0.3, 0.4) is 0 Å². The molecular weight excluding hydrogens is 280 g/mol. The zero-order chi connectivity index (χ0) is 15.3. The third-order valence-corrected chi connectivity index (χ3v) is 2.80. The maximum Gasteiger partial charge on any atom is 0.407 e. The molecule has 4 N–H and O–H groups in total. The Hall–Kier alpha value is -1.46. The highest BCUT2D eigenvalue weighted by Crippen LogP contribution is 2.24. The first kappa shape index (κ1) is 16.6. The van der Waals surface area contributed by atoms with Crippen molar-refractivity contribution in [3.8, 4) is 5.75 Å². The van der Waals surface area contributed by atoms with Crippen LogP contribution in [0.1, 0.15) is 26.3 Å². The number of phenolic OH excluding ortho intramolecular Hbond substituents is 1. The summed E-state index contributed by atoms with van der Waals surface area (Å²) in [6.07, 6.45) is 0.00765. The van der Waals surface area contributed by atoms with Crippen LogP contribution in [0.5, 0.6) is 5.75 Å². The molecule has 5 nitrogen and oxygen atoms in total. The molecule has 1 atom stereocenters. The van der Waals surface area contributed by atoms with E-state index in [0.717, 1.165) is 5.56 Å². The van der Waals surface area contributed by atoms with Gasteiger partial charge in [-0.2, -0.15) is 0 Å². The Morgan fingerprint density at radius 1 is 1.50 bits per heavy atom. The summed E-state index contributed by atoms with van der Waals surface area (Å²) in [5.41, 5.74) is 5.97. The molecule has 20 heavy (non-hydrogen) atoms. The molecule has 1 aromatic carbocycles. The number of hydrogen-bond donors (Lipinski definition) is 3. The lowest BCUT2D eigenvalue weighted by molar-refractivity contribution is 0.0506. The molecule has 6 heteroatoms. The maximum absolute atomic E-state index is 11.7. The van der Waals surface area contributed by atoms with Crippen molar-refractivity contribution in [1.82, 2.24) is 5.32 Å². The van der Waals surface area contributed by atoms with Crippen molar-refractivity contribution < 1.29 is 14.6 Å². The monoisotopic (exact) mass is 300 g/mol. The first-order valence-electron chi connectivity index (χ1n) is 6.38. The highest BCUT2D eigenvalue weighted by Gasteiger charge is 2.19. The second-order valence-corrected chi connectivity index (χ2v) is 5.98. The number of nitrogens with two attached hydrogens (primary N) is 1. The topological polar surface area (TPSA) is 84.6 Å². The number of aromatic hydroxyl groups is 1. The van der Waals surface area contributed by atoms with Gasteiger partial charge in [0.2, 0.25) is 0 Å². The lowest BCUT2D eigenvalue weighted by Gasteiger charge is -2.23. The Morgan fingerprint density at radius 2 is 2.15 bits per heavy atom. The van der Waals surface area contributed by atoms with E-state index >= 15 is 0 Å². The van der Waals surface area contributed by atoms with Gasteiger partial charge in [-0.25, -0.2) is 4.79 Å². The number of carbonyl (C=O) groups is 1. The third-order valence-electron chi connectivity index (χ3n) is 2.50. The molecule has 0 saturated heterocycles. The van der Waals surface area contributed by atoms with Gasteiger partial charge in [-0.3, -0.25) is 0 Å². The van der Waals surface area contributed by atoms with Gasteiger partial charge in [-0.1, -0.05) is 17.7 Å². The summed E-state index contributed by atoms with van der Waals surface area (Å²) < 4.78 is 5.18. The molecule has 112 valence electrons. The molecule has 0 aliphatic rings. The minimum atomic E-state index is -0.551. The quantitative estimate of drug-likeness (QED) is 0.797. The van der Waals surface area contributed by atoms with Crippen LogP contribution in [-0.2, 0) is 11.2 Å². The van der Waals surface area contributed by atoms with Gasteiger partial charge in [0, 0.05) is 12.6 Å². The number of halogens is 1. The average Bonchev–Trinajstić information content (AvgIpc) is 2.30. The molecule has 1 rings (SSSR count). The zero-order valence-corrected chi connectivity index (χ0v) is 12.7. The molecule has 0 aliphatic heterocycles. The van der Waals surface area contributed by atoms with Crippen LogP contribution in [0.4, 0.5) is 4.79 Å². The van der Waals surface area contributed by atoms with Gasteiger partial charge >= 0.3 is 6.09 Å². The number of benzene rings is 1. The molecule has 0 fully saturated rings. The van der Waals surface area contributed by atoms with Crippen LogP contribution in [0.15, 0.2) is 18.2 Å². The SMILES string of the molecule is CC(C)(C)OC(=O)NC(CN)Cc1ccc(O)c(Cl)c1. The van der Waals surface area contributed by atoms with E-state index in [2.05, 4.69) is 5.32 Å². The maximum atomic E-state index is 11.7. The Labute approximate surface area is 124 Å². The Morgan fingerprint density at radius 3 is 2.65 bits per heavy atom. The molecule has 0 aromatic heterocycles. The Kier molecular flexibility index (Phi) is 5.65. The van der Waals surface area contributed by atoms with Crippen molar-refractivity contribution in [2.24, 2.45) is 5.73 Å². The van der Waals surface area contributed by atoms with Crippen molar-refractivity contribution in [2.45, 2.75) is 38.8 Å². The number of rotatable bonds is 4. The molecule has 0 heterocycles. The number of alkyl carbamates (subject to hydrolysis) is 1. The summed E-state index contributed by atoms with van der Waals surface area (Å²) in [6.45, 7) is 5.66. The summed E-state index contributed by atoms with van der Waals surface area (Å²) in [5, 5.41) is 12.3. The third kappa shape index (κ3) is 5.67. The van der Waals surface area contributed by atoms with Crippen molar-refractivity contribution in [1.29, 1.82) is 0 Å². The molecular formula is C14H21ClN2O3. The normalized spacial score (nSPS) is 12.8. The summed E-state index contributed by atoms with van der Waals surface area (Å²) in [7, 11) is 0. The van der Waals surface area contributed by atoms with Crippen LogP contribution >= 0.6 is 11.6 Å². The van der Waals surface area contributed by atoms with Crippen LogP contribution < -0.4 is 11.1 Å². The van der Waals surface area contributed by atoms with Gasteiger partial charge < -0.3 is 20.9 Å². The predicted octanol–water partition coefficient (Wildman–Crippen LogP) is 2.44. The number of amides is 1. The van der Waals surface area contributed by atoms with Crippen molar-refractivity contribution >= 4 is 17.7 Å². The molecule has 1 aromatic rings. The molecule has 0 bridgehead atoms. The van der Waals surface area contributed by atoms with E-state index in [1.165, 1.54) is 6.07 Å². The van der Waals surface area contributed by atoms with Crippen LogP contribution in [0.25, 0.3) is 0 Å². The lowest BCUT2D eigenvalue weighted by Crippen LogP contribution is -2.44. The first-order chi connectivity index (χ1) is 9.21. The number of ether oxygens (including phenoxy) is 1. The summed E-state index contributed by atoms with van der Waals surface area (Å²) in [6, 6.07) is 4.64. The van der Waals surface area contributed by atoms with Crippen molar-refractivity contribution in [3.63, 3.8) is 0 Å². The van der Waals surface area contributed by atoms with E-state index in [4.69, 9.17) is 22.1 Å². The van der Waals surface area contributed by atoms with E-state index in [9.17, 15) is 9.90 Å². The smallest absolute Gasteiger partial charge is 0.407 e. The van der Waals surface area contributed by atoms with Gasteiger partial charge in [0.05, 0.1) is 5.02 Å². The standard InChI is InChI=1S/C14H21ClN2O3/c1-14(2,3)20-13(19)17-10(8-16)6-9-4-5-12(18)11(15)7-9/h4-5,7,10,18H,6,8,16H2,1-3H3,(H,17,19). The van der Waals surface area contributed by atoms with Crippen LogP contribution in [-0.4, -0.2) is 29.4 Å². The Balaban J connectivity index is 2.63. The fourth-order valence-corrected chi connectivity index (χ4v) is 1.83. The minimum absolute atomic E-state index is 0.0276. The van der Waals surface area contributed by atoms with Gasteiger partial charge in [0.15, 0.2) is 0 Å². The second-order valence-electron chi connectivity index (χ2n) is 5.57. The van der Waals surface area contributed by atoms with E-state index in [1.54, 1.807) is 32.9 Å². The highest BCUT2D eigenvalue weighted by molar-refractivity contribution is 6.32. The van der Waals surface area contributed by atoms with Gasteiger partial charge in [-0.15, -0.1) is 0 Å². The minimum Gasteiger partial charge on any atom is -0.506 e. The predicted molar refractivity (Wildman–Crippen MR) is 79.0 cm³/mol. The molecule has 1 unspecified atom stereocenters. The summed E-state index contributed by atoms with van der Waals surface area (Å²) >= 11 is 5.84. The fourth-order valence-electron chi connectivity index (χ4n) is 1.63. The van der Waals surface area contributed by atoms with Crippen LogP contribution in [0.2, 0.25) is 5.02 Å².